The molecule has 0 spiro atoms. The summed E-state index contributed by atoms with van der Waals surface area (Å²) in [5, 5.41) is 123. The monoisotopic (exact) mass is 570 g/mol. The third-order valence-corrected chi connectivity index (χ3v) is 5.88. The lowest BCUT2D eigenvalue weighted by molar-refractivity contribution is -0.132. The van der Waals surface area contributed by atoms with E-state index in [1.807, 2.05) is 0 Å². The standard InChI is InChI=1S/C23H23ClN2O13/c24-13-15(29)11(17(31)21(35)19(13)33)9(27)5-25-6-23(38,39)26-8-3-1-2-7(4-8)10-14(28)12(22(36)37)18(32)20(34)16(10)30/h1-4,9,25-35,38-39H,5-6H2,(H,36,37). The zero-order valence-electron chi connectivity index (χ0n) is 19.5. The Morgan fingerprint density at radius 3 is 2.08 bits per heavy atom. The van der Waals surface area contributed by atoms with Crippen molar-refractivity contribution in [3.8, 4) is 57.1 Å². The SMILES string of the molecule is O=C(O)c1c(O)c(O)c(O)c(-c2cccc(NC(O)(O)CNCC(O)c3c(O)c(O)c(O)c(Cl)c3O)c2)c1O. The number of aliphatic hydroxyl groups is 3. The van der Waals surface area contributed by atoms with Crippen LogP contribution in [0.2, 0.25) is 5.02 Å². The van der Waals surface area contributed by atoms with Crippen LogP contribution >= 0.6 is 11.6 Å². The summed E-state index contributed by atoms with van der Waals surface area (Å²) < 4.78 is 0. The number of carboxylic acid groups (broad SMARTS) is 1. The second kappa shape index (κ2) is 10.7. The highest BCUT2D eigenvalue weighted by Gasteiger charge is 2.30. The molecular formula is C23H23ClN2O13. The summed E-state index contributed by atoms with van der Waals surface area (Å²) in [5.41, 5.74) is -2.48. The molecule has 3 rings (SSSR count). The molecule has 1 unspecified atom stereocenters. The van der Waals surface area contributed by atoms with Crippen molar-refractivity contribution in [3.05, 3.63) is 40.4 Å². The van der Waals surface area contributed by atoms with Crippen molar-refractivity contribution in [1.82, 2.24) is 5.32 Å². The minimum Gasteiger partial charge on any atom is -0.506 e. The largest absolute Gasteiger partial charge is 0.506 e. The Labute approximate surface area is 222 Å². The van der Waals surface area contributed by atoms with Crippen LogP contribution in [0, 0.1) is 0 Å². The van der Waals surface area contributed by atoms with Crippen molar-refractivity contribution < 1.29 is 66.1 Å². The molecule has 0 radical (unpaired) electrons. The van der Waals surface area contributed by atoms with Gasteiger partial charge >= 0.3 is 5.97 Å². The van der Waals surface area contributed by atoms with Gasteiger partial charge in [0.25, 0.3) is 5.91 Å². The van der Waals surface area contributed by atoms with E-state index in [1.54, 1.807) is 0 Å². The molecule has 3 aromatic rings. The van der Waals surface area contributed by atoms with E-state index < -0.39 is 98.8 Å². The number of nitrogens with one attached hydrogen (secondary N) is 2. The first-order valence-electron chi connectivity index (χ1n) is 10.7. The number of hydrogen-bond acceptors (Lipinski definition) is 14. The summed E-state index contributed by atoms with van der Waals surface area (Å²) in [4.78, 5) is 11.4. The van der Waals surface area contributed by atoms with Crippen LogP contribution in [-0.2, 0) is 0 Å². The van der Waals surface area contributed by atoms with Gasteiger partial charge in [0.15, 0.2) is 23.0 Å². The quantitative estimate of drug-likeness (QED) is 0.0957. The second-order valence-corrected chi connectivity index (χ2v) is 8.62. The molecule has 14 N–H and O–H groups in total. The van der Waals surface area contributed by atoms with Gasteiger partial charge in [-0.05, 0) is 17.7 Å². The number of phenolic OH excluding ortho intramolecular Hbond substituents is 6. The van der Waals surface area contributed by atoms with Crippen LogP contribution < -0.4 is 10.6 Å². The predicted molar refractivity (Wildman–Crippen MR) is 132 cm³/mol. The third kappa shape index (κ3) is 5.52. The lowest BCUT2D eigenvalue weighted by atomic mass is 9.98. The molecule has 210 valence electrons. The highest BCUT2D eigenvalue weighted by molar-refractivity contribution is 6.34. The molecule has 16 heteroatoms. The fraction of sp³-hybridized carbons (Fsp3) is 0.174. The van der Waals surface area contributed by atoms with Crippen molar-refractivity contribution in [1.29, 1.82) is 0 Å². The molecule has 0 aliphatic carbocycles. The summed E-state index contributed by atoms with van der Waals surface area (Å²) in [7, 11) is 0. The van der Waals surface area contributed by atoms with Gasteiger partial charge in [-0.2, -0.15) is 0 Å². The first-order valence-corrected chi connectivity index (χ1v) is 11.1. The maximum Gasteiger partial charge on any atom is 0.343 e. The number of aromatic hydroxyl groups is 8. The van der Waals surface area contributed by atoms with E-state index in [-0.39, 0.29) is 11.3 Å². The van der Waals surface area contributed by atoms with E-state index in [0.717, 1.165) is 6.07 Å². The lowest BCUT2D eigenvalue weighted by Gasteiger charge is -2.26. The maximum atomic E-state index is 11.4. The molecule has 0 saturated heterocycles. The average Bonchev–Trinajstić information content (AvgIpc) is 2.85. The number of carbonyl (C=O) groups is 1. The Bertz CT molecular complexity index is 1420. The highest BCUT2D eigenvalue weighted by Crippen LogP contribution is 2.52. The zero-order valence-corrected chi connectivity index (χ0v) is 20.2. The van der Waals surface area contributed by atoms with Crippen LogP contribution in [-0.4, -0.2) is 86.2 Å². The fourth-order valence-electron chi connectivity index (χ4n) is 3.69. The number of phenols is 8. The van der Waals surface area contributed by atoms with Crippen molar-refractivity contribution in [2.75, 3.05) is 18.4 Å². The van der Waals surface area contributed by atoms with Crippen molar-refractivity contribution >= 4 is 23.3 Å². The molecule has 39 heavy (non-hydrogen) atoms. The topological polar surface area (TPSA) is 284 Å². The van der Waals surface area contributed by atoms with Gasteiger partial charge in [0.05, 0.1) is 23.8 Å². The van der Waals surface area contributed by atoms with Crippen LogP contribution in [0.4, 0.5) is 5.69 Å². The summed E-state index contributed by atoms with van der Waals surface area (Å²) in [5.74, 6) is -13.2. The number of anilines is 1. The Morgan fingerprint density at radius 1 is 0.846 bits per heavy atom. The lowest BCUT2D eigenvalue weighted by Crippen LogP contribution is -2.48. The molecule has 15 nitrogen and oxygen atoms in total. The molecule has 0 aliphatic heterocycles. The number of rotatable bonds is 9. The number of aromatic carboxylic acids is 1. The van der Waals surface area contributed by atoms with Crippen molar-refractivity contribution in [2.45, 2.75) is 12.0 Å². The molecule has 0 amide bonds. The predicted octanol–water partition coefficient (Wildman–Crippen LogP) is 0.723. The van der Waals surface area contributed by atoms with E-state index in [2.05, 4.69) is 10.6 Å². The molecule has 0 aliphatic rings. The molecule has 0 aromatic heterocycles. The smallest absolute Gasteiger partial charge is 0.343 e. The first-order chi connectivity index (χ1) is 18.1. The van der Waals surface area contributed by atoms with Gasteiger partial charge in [-0.25, -0.2) is 4.79 Å². The first kappa shape index (κ1) is 29.0. The molecule has 3 aromatic carbocycles. The van der Waals surface area contributed by atoms with Gasteiger partial charge in [0.2, 0.25) is 11.5 Å². The van der Waals surface area contributed by atoms with Gasteiger partial charge < -0.3 is 71.9 Å². The Morgan fingerprint density at radius 2 is 1.46 bits per heavy atom. The maximum absolute atomic E-state index is 11.4. The molecule has 0 heterocycles. The number of aliphatic hydroxyl groups excluding tert-OH is 1. The van der Waals surface area contributed by atoms with Crippen LogP contribution in [0.5, 0.6) is 46.0 Å². The van der Waals surface area contributed by atoms with Gasteiger partial charge in [-0.1, -0.05) is 23.7 Å². The number of carboxylic acids is 1. The van der Waals surface area contributed by atoms with Gasteiger partial charge in [-0.15, -0.1) is 0 Å². The summed E-state index contributed by atoms with van der Waals surface area (Å²) in [6, 6.07) is 5.01. The number of halogens is 1. The average molecular weight is 571 g/mol. The van der Waals surface area contributed by atoms with Crippen molar-refractivity contribution in [2.24, 2.45) is 0 Å². The van der Waals surface area contributed by atoms with Crippen molar-refractivity contribution in [3.63, 3.8) is 0 Å². The molecular weight excluding hydrogens is 548 g/mol. The Kier molecular flexibility index (Phi) is 7.95. The summed E-state index contributed by atoms with van der Waals surface area (Å²) in [6.07, 6.45) is -1.76. The van der Waals surface area contributed by atoms with E-state index in [9.17, 15) is 66.1 Å². The Balaban J connectivity index is 1.79. The van der Waals surface area contributed by atoms with E-state index in [0.29, 0.717) is 0 Å². The van der Waals surface area contributed by atoms with E-state index in [1.165, 1.54) is 18.2 Å². The van der Waals surface area contributed by atoms with Crippen LogP contribution in [0.3, 0.4) is 0 Å². The molecule has 0 bridgehead atoms. The number of benzene rings is 3. The highest BCUT2D eigenvalue weighted by atomic mass is 35.5. The molecule has 0 saturated carbocycles. The minimum atomic E-state index is -2.75. The Hall–Kier alpha value is -4.54. The minimum absolute atomic E-state index is 0.0615. The number of hydrogen-bond donors (Lipinski definition) is 14. The van der Waals surface area contributed by atoms with Gasteiger partial charge in [0.1, 0.15) is 22.1 Å². The normalized spacial score (nSPS) is 12.3. The van der Waals surface area contributed by atoms with Crippen LogP contribution in [0.15, 0.2) is 24.3 Å². The zero-order chi connectivity index (χ0) is 29.4. The molecule has 1 atom stereocenters. The fourth-order valence-corrected chi connectivity index (χ4v) is 3.88. The van der Waals surface area contributed by atoms with Gasteiger partial charge in [-0.3, -0.25) is 0 Å². The van der Waals surface area contributed by atoms with E-state index >= 15 is 0 Å². The summed E-state index contributed by atoms with van der Waals surface area (Å²) in [6.45, 7) is -1.26. The summed E-state index contributed by atoms with van der Waals surface area (Å²) >= 11 is 5.64. The van der Waals surface area contributed by atoms with Crippen LogP contribution in [0.1, 0.15) is 22.0 Å². The molecule has 0 fully saturated rings. The van der Waals surface area contributed by atoms with Gasteiger partial charge in [0, 0.05) is 12.2 Å². The van der Waals surface area contributed by atoms with Crippen LogP contribution in [0.25, 0.3) is 11.1 Å². The third-order valence-electron chi connectivity index (χ3n) is 5.52. The second-order valence-electron chi connectivity index (χ2n) is 8.24. The van der Waals surface area contributed by atoms with E-state index in [4.69, 9.17) is 11.6 Å².